The van der Waals surface area contributed by atoms with Crippen molar-refractivity contribution in [3.63, 3.8) is 0 Å². The van der Waals surface area contributed by atoms with Gasteiger partial charge in [0.1, 0.15) is 5.75 Å². The van der Waals surface area contributed by atoms with Crippen LogP contribution in [0.1, 0.15) is 12.5 Å². The minimum atomic E-state index is -0.469. The molecule has 5 nitrogen and oxygen atoms in total. The fraction of sp³-hybridized carbons (Fsp3) is 0.0714. The molecule has 0 aromatic heterocycles. The zero-order valence-electron chi connectivity index (χ0n) is 10.6. The van der Waals surface area contributed by atoms with Gasteiger partial charge in [-0.2, -0.15) is 0 Å². The van der Waals surface area contributed by atoms with Crippen molar-refractivity contribution in [3.05, 3.63) is 63.2 Å². The summed E-state index contributed by atoms with van der Waals surface area (Å²) in [7, 11) is 0. The van der Waals surface area contributed by atoms with Crippen molar-refractivity contribution in [2.24, 2.45) is 4.99 Å². The van der Waals surface area contributed by atoms with E-state index >= 15 is 0 Å². The molecule has 6 heteroatoms. The number of halogens is 1. The van der Waals surface area contributed by atoms with Crippen LogP contribution in [0.3, 0.4) is 0 Å². The average molecular weight is 291 g/mol. The second-order valence-corrected chi connectivity index (χ2v) is 4.57. The molecule has 0 bridgehead atoms. The molecule has 2 rings (SSSR count). The Morgan fingerprint density at radius 3 is 2.50 bits per heavy atom. The SMILES string of the molecule is CC(=Nc1ccc([N+](=O)[O-])cc1)c1cc(Cl)ccc1O. The van der Waals surface area contributed by atoms with Gasteiger partial charge in [-0.1, -0.05) is 11.6 Å². The highest BCUT2D eigenvalue weighted by Gasteiger charge is 2.07. The van der Waals surface area contributed by atoms with Crippen molar-refractivity contribution < 1.29 is 10.0 Å². The number of nitrogens with zero attached hydrogens (tertiary/aromatic N) is 2. The lowest BCUT2D eigenvalue weighted by atomic mass is 10.1. The highest BCUT2D eigenvalue weighted by molar-refractivity contribution is 6.31. The maximum atomic E-state index is 10.6. The first kappa shape index (κ1) is 14.0. The largest absolute Gasteiger partial charge is 0.507 e. The fourth-order valence-electron chi connectivity index (χ4n) is 1.70. The van der Waals surface area contributed by atoms with Crippen LogP contribution < -0.4 is 0 Å². The van der Waals surface area contributed by atoms with E-state index in [2.05, 4.69) is 4.99 Å². The topological polar surface area (TPSA) is 75.7 Å². The zero-order chi connectivity index (χ0) is 14.7. The van der Waals surface area contributed by atoms with Crippen LogP contribution in [0.4, 0.5) is 11.4 Å². The Kier molecular flexibility index (Phi) is 4.00. The molecule has 0 spiro atoms. The number of aliphatic imine (C=N–C) groups is 1. The van der Waals surface area contributed by atoms with E-state index in [0.717, 1.165) is 0 Å². The van der Waals surface area contributed by atoms with Crippen LogP contribution in [-0.2, 0) is 0 Å². The summed E-state index contributed by atoms with van der Waals surface area (Å²) < 4.78 is 0. The van der Waals surface area contributed by atoms with E-state index in [1.165, 1.54) is 18.2 Å². The van der Waals surface area contributed by atoms with Crippen molar-refractivity contribution >= 4 is 28.7 Å². The lowest BCUT2D eigenvalue weighted by molar-refractivity contribution is -0.384. The number of hydrogen-bond donors (Lipinski definition) is 1. The number of hydrogen-bond acceptors (Lipinski definition) is 4. The highest BCUT2D eigenvalue weighted by Crippen LogP contribution is 2.24. The lowest BCUT2D eigenvalue weighted by Gasteiger charge is -2.05. The van der Waals surface area contributed by atoms with Crippen molar-refractivity contribution in [1.29, 1.82) is 0 Å². The molecule has 102 valence electrons. The van der Waals surface area contributed by atoms with Gasteiger partial charge in [-0.05, 0) is 37.3 Å². The van der Waals surface area contributed by atoms with Gasteiger partial charge in [0.15, 0.2) is 0 Å². The fourth-order valence-corrected chi connectivity index (χ4v) is 1.87. The van der Waals surface area contributed by atoms with Gasteiger partial charge in [0.2, 0.25) is 0 Å². The van der Waals surface area contributed by atoms with Crippen molar-refractivity contribution in [3.8, 4) is 5.75 Å². The Hall–Kier alpha value is -2.40. The van der Waals surface area contributed by atoms with Gasteiger partial charge in [-0.15, -0.1) is 0 Å². The Bertz CT molecular complexity index is 681. The van der Waals surface area contributed by atoms with Crippen LogP contribution in [0, 0.1) is 10.1 Å². The number of benzene rings is 2. The summed E-state index contributed by atoms with van der Waals surface area (Å²) >= 11 is 5.88. The van der Waals surface area contributed by atoms with E-state index in [1.54, 1.807) is 31.2 Å². The first-order valence-electron chi connectivity index (χ1n) is 5.76. The molecule has 2 aromatic rings. The summed E-state index contributed by atoms with van der Waals surface area (Å²) in [4.78, 5) is 14.4. The van der Waals surface area contributed by atoms with E-state index in [1.807, 2.05) is 0 Å². The Balaban J connectivity index is 2.34. The van der Waals surface area contributed by atoms with Crippen LogP contribution >= 0.6 is 11.6 Å². The average Bonchev–Trinajstić information content (AvgIpc) is 2.42. The molecule has 1 N–H and O–H groups in total. The molecule has 0 saturated heterocycles. The number of nitro groups is 1. The van der Waals surface area contributed by atoms with Crippen molar-refractivity contribution in [2.75, 3.05) is 0 Å². The monoisotopic (exact) mass is 290 g/mol. The van der Waals surface area contributed by atoms with Gasteiger partial charge >= 0.3 is 0 Å². The summed E-state index contributed by atoms with van der Waals surface area (Å²) in [6.07, 6.45) is 0. The number of aromatic hydroxyl groups is 1. The Labute approximate surface area is 120 Å². The Morgan fingerprint density at radius 1 is 1.25 bits per heavy atom. The summed E-state index contributed by atoms with van der Waals surface area (Å²) in [5, 5.41) is 20.8. The van der Waals surface area contributed by atoms with Crippen LogP contribution in [0.5, 0.6) is 5.75 Å². The predicted molar refractivity (Wildman–Crippen MR) is 78.1 cm³/mol. The number of non-ortho nitro benzene ring substituents is 1. The minimum absolute atomic E-state index is 0.00667. The zero-order valence-corrected chi connectivity index (χ0v) is 11.3. The van der Waals surface area contributed by atoms with Crippen molar-refractivity contribution in [1.82, 2.24) is 0 Å². The molecule has 2 aromatic carbocycles. The summed E-state index contributed by atoms with van der Waals surface area (Å²) in [5.41, 5.74) is 1.66. The van der Waals surface area contributed by atoms with Crippen LogP contribution in [0.25, 0.3) is 0 Å². The standard InChI is InChI=1S/C14H11ClN2O3/c1-9(13-8-10(15)2-7-14(13)18)16-11-3-5-12(6-4-11)17(19)20/h2-8,18H,1H3. The van der Waals surface area contributed by atoms with Gasteiger partial charge in [-0.25, -0.2) is 0 Å². The molecule has 0 aliphatic heterocycles. The summed E-state index contributed by atoms with van der Waals surface area (Å²) in [6.45, 7) is 1.73. The normalized spacial score (nSPS) is 11.4. The second kappa shape index (κ2) is 5.71. The molecular weight excluding hydrogens is 280 g/mol. The third-order valence-electron chi connectivity index (χ3n) is 2.71. The van der Waals surface area contributed by atoms with E-state index < -0.39 is 4.92 Å². The van der Waals surface area contributed by atoms with E-state index in [-0.39, 0.29) is 11.4 Å². The smallest absolute Gasteiger partial charge is 0.269 e. The van der Waals surface area contributed by atoms with Gasteiger partial charge in [0, 0.05) is 28.4 Å². The summed E-state index contributed by atoms with van der Waals surface area (Å²) in [5.74, 6) is 0.0811. The van der Waals surface area contributed by atoms with E-state index in [9.17, 15) is 15.2 Å². The molecule has 0 heterocycles. The number of phenolic OH excluding ortho intramolecular Hbond substituents is 1. The third-order valence-corrected chi connectivity index (χ3v) is 2.94. The first-order chi connectivity index (χ1) is 9.47. The van der Waals surface area contributed by atoms with E-state index in [4.69, 9.17) is 11.6 Å². The number of phenols is 1. The molecule has 0 amide bonds. The molecule has 0 aliphatic carbocycles. The summed E-state index contributed by atoms with van der Waals surface area (Å²) in [6, 6.07) is 10.5. The molecule has 20 heavy (non-hydrogen) atoms. The van der Waals surface area contributed by atoms with Crippen LogP contribution in [-0.4, -0.2) is 15.7 Å². The Morgan fingerprint density at radius 2 is 1.90 bits per heavy atom. The number of rotatable bonds is 3. The molecule has 0 aliphatic rings. The quantitative estimate of drug-likeness (QED) is 0.525. The van der Waals surface area contributed by atoms with Gasteiger partial charge in [0.05, 0.1) is 10.6 Å². The van der Waals surface area contributed by atoms with Crippen LogP contribution in [0.15, 0.2) is 47.5 Å². The molecule has 0 saturated carbocycles. The third kappa shape index (κ3) is 3.13. The van der Waals surface area contributed by atoms with Gasteiger partial charge in [0.25, 0.3) is 5.69 Å². The first-order valence-corrected chi connectivity index (χ1v) is 6.14. The second-order valence-electron chi connectivity index (χ2n) is 4.13. The van der Waals surface area contributed by atoms with Crippen LogP contribution in [0.2, 0.25) is 5.02 Å². The maximum absolute atomic E-state index is 10.6. The predicted octanol–water partition coefficient (Wildman–Crippen LogP) is 4.09. The molecular formula is C14H11ClN2O3. The highest BCUT2D eigenvalue weighted by atomic mass is 35.5. The maximum Gasteiger partial charge on any atom is 0.269 e. The minimum Gasteiger partial charge on any atom is -0.507 e. The molecule has 0 atom stereocenters. The number of nitro benzene ring substituents is 1. The molecule has 0 fully saturated rings. The van der Waals surface area contributed by atoms with E-state index in [0.29, 0.717) is 22.0 Å². The van der Waals surface area contributed by atoms with Gasteiger partial charge < -0.3 is 5.11 Å². The van der Waals surface area contributed by atoms with Crippen molar-refractivity contribution in [2.45, 2.75) is 6.92 Å². The lowest BCUT2D eigenvalue weighted by Crippen LogP contribution is -1.94. The van der Waals surface area contributed by atoms with Gasteiger partial charge in [-0.3, -0.25) is 15.1 Å². The molecule has 0 radical (unpaired) electrons. The molecule has 0 unspecified atom stereocenters.